The average Bonchev–Trinajstić information content (AvgIpc) is 3.15. The minimum absolute atomic E-state index is 0.211. The summed E-state index contributed by atoms with van der Waals surface area (Å²) in [6.07, 6.45) is 0. The summed E-state index contributed by atoms with van der Waals surface area (Å²) in [6.45, 7) is 2.33. The van der Waals surface area contributed by atoms with Crippen molar-refractivity contribution in [1.29, 1.82) is 0 Å². The molecule has 6 nitrogen and oxygen atoms in total. The number of nitrogens with one attached hydrogen (secondary N) is 1. The summed E-state index contributed by atoms with van der Waals surface area (Å²) in [4.78, 5) is 27.4. The van der Waals surface area contributed by atoms with E-state index in [4.69, 9.17) is 16.3 Å². The minimum atomic E-state index is -0.524. The van der Waals surface area contributed by atoms with Crippen LogP contribution < -0.4 is 4.90 Å². The Kier molecular flexibility index (Phi) is 5.60. The van der Waals surface area contributed by atoms with E-state index in [1.165, 1.54) is 0 Å². The second kappa shape index (κ2) is 8.16. The number of esters is 1. The lowest BCUT2D eigenvalue weighted by Gasteiger charge is -2.32. The highest BCUT2D eigenvalue weighted by atomic mass is 127. The van der Waals surface area contributed by atoms with Crippen molar-refractivity contribution in [1.82, 2.24) is 10.2 Å². The maximum atomic E-state index is 13.2. The van der Waals surface area contributed by atoms with Crippen molar-refractivity contribution in [3.05, 3.63) is 79.6 Å². The SMILES string of the molecule is CCOC(=O)c1[nH]nc2c1C(c1cccc(Cl)c1)CN(c1ccc(I)cc1)C2=O. The Hall–Kier alpha value is -2.39. The molecule has 3 aromatic rings. The highest BCUT2D eigenvalue weighted by Gasteiger charge is 2.39. The molecule has 0 radical (unpaired) electrons. The van der Waals surface area contributed by atoms with E-state index < -0.39 is 5.97 Å². The molecule has 29 heavy (non-hydrogen) atoms. The molecule has 0 spiro atoms. The first-order chi connectivity index (χ1) is 14.0. The molecule has 2 heterocycles. The summed E-state index contributed by atoms with van der Waals surface area (Å²) >= 11 is 8.44. The summed E-state index contributed by atoms with van der Waals surface area (Å²) in [5, 5.41) is 7.49. The van der Waals surface area contributed by atoms with Crippen LogP contribution in [0.3, 0.4) is 0 Å². The molecule has 1 aromatic heterocycles. The molecule has 0 saturated heterocycles. The number of aromatic nitrogens is 2. The number of ether oxygens (including phenoxy) is 1. The van der Waals surface area contributed by atoms with Gasteiger partial charge in [0.15, 0.2) is 5.69 Å². The van der Waals surface area contributed by atoms with Crippen LogP contribution in [0.25, 0.3) is 0 Å². The van der Waals surface area contributed by atoms with Crippen LogP contribution in [-0.4, -0.2) is 35.2 Å². The van der Waals surface area contributed by atoms with Gasteiger partial charge in [-0.05, 0) is 71.5 Å². The predicted octanol–water partition coefficient (Wildman–Crippen LogP) is 4.64. The third-order valence-electron chi connectivity index (χ3n) is 4.83. The van der Waals surface area contributed by atoms with Gasteiger partial charge in [-0.1, -0.05) is 23.7 Å². The van der Waals surface area contributed by atoms with Crippen molar-refractivity contribution in [2.75, 3.05) is 18.1 Å². The number of carbonyl (C=O) groups is 2. The Labute approximate surface area is 186 Å². The smallest absolute Gasteiger partial charge is 0.356 e. The van der Waals surface area contributed by atoms with Crippen molar-refractivity contribution in [3.8, 4) is 0 Å². The molecule has 1 atom stereocenters. The third-order valence-corrected chi connectivity index (χ3v) is 5.79. The Balaban J connectivity index is 1.85. The number of rotatable bonds is 4. The fraction of sp³-hybridized carbons (Fsp3) is 0.190. The summed E-state index contributed by atoms with van der Waals surface area (Å²) in [7, 11) is 0. The number of fused-ring (bicyclic) bond motifs is 1. The first kappa shape index (κ1) is 19.9. The van der Waals surface area contributed by atoms with Gasteiger partial charge >= 0.3 is 5.97 Å². The number of anilines is 1. The van der Waals surface area contributed by atoms with Gasteiger partial charge in [0.1, 0.15) is 5.69 Å². The van der Waals surface area contributed by atoms with E-state index in [1.54, 1.807) is 17.9 Å². The molecule has 148 valence electrons. The van der Waals surface area contributed by atoms with Crippen molar-refractivity contribution in [3.63, 3.8) is 0 Å². The Morgan fingerprint density at radius 1 is 1.31 bits per heavy atom. The van der Waals surface area contributed by atoms with Gasteiger partial charge in [0, 0.05) is 32.3 Å². The topological polar surface area (TPSA) is 75.3 Å². The fourth-order valence-corrected chi connectivity index (χ4v) is 4.09. The Morgan fingerprint density at radius 2 is 2.07 bits per heavy atom. The molecule has 1 N–H and O–H groups in total. The lowest BCUT2D eigenvalue weighted by molar-refractivity contribution is 0.0518. The fourth-order valence-electron chi connectivity index (χ4n) is 3.54. The van der Waals surface area contributed by atoms with Gasteiger partial charge in [0.25, 0.3) is 5.91 Å². The molecule has 0 saturated carbocycles. The Morgan fingerprint density at radius 3 is 2.76 bits per heavy atom. The maximum absolute atomic E-state index is 13.2. The van der Waals surface area contributed by atoms with Gasteiger partial charge in [0.05, 0.1) is 6.61 Å². The number of H-pyrrole nitrogens is 1. The van der Waals surface area contributed by atoms with Gasteiger partial charge in [0.2, 0.25) is 0 Å². The number of aromatic amines is 1. The third kappa shape index (κ3) is 3.76. The van der Waals surface area contributed by atoms with Gasteiger partial charge in [-0.2, -0.15) is 5.10 Å². The molecule has 4 rings (SSSR count). The molecule has 0 aliphatic carbocycles. The number of amides is 1. The summed E-state index contributed by atoms with van der Waals surface area (Å²) < 4.78 is 6.23. The summed E-state index contributed by atoms with van der Waals surface area (Å²) in [6, 6.07) is 15.1. The lowest BCUT2D eigenvalue weighted by atomic mass is 9.85. The zero-order valence-electron chi connectivity index (χ0n) is 15.5. The van der Waals surface area contributed by atoms with E-state index in [0.29, 0.717) is 17.1 Å². The minimum Gasteiger partial charge on any atom is -0.461 e. The molecule has 2 aromatic carbocycles. The second-order valence-electron chi connectivity index (χ2n) is 6.58. The van der Waals surface area contributed by atoms with E-state index in [2.05, 4.69) is 32.8 Å². The number of benzene rings is 2. The molecule has 1 unspecified atom stereocenters. The molecular formula is C21H17ClIN3O3. The molecule has 0 fully saturated rings. The van der Waals surface area contributed by atoms with Crippen LogP contribution in [-0.2, 0) is 4.74 Å². The molecule has 1 amide bonds. The van der Waals surface area contributed by atoms with E-state index in [1.807, 2.05) is 42.5 Å². The number of hydrogen-bond donors (Lipinski definition) is 1. The predicted molar refractivity (Wildman–Crippen MR) is 119 cm³/mol. The van der Waals surface area contributed by atoms with E-state index in [9.17, 15) is 9.59 Å². The molecular weight excluding hydrogens is 505 g/mol. The molecule has 1 aliphatic heterocycles. The number of hydrogen-bond acceptors (Lipinski definition) is 4. The molecule has 1 aliphatic rings. The average molecular weight is 522 g/mol. The molecule has 0 bridgehead atoms. The zero-order valence-corrected chi connectivity index (χ0v) is 18.4. The number of nitrogens with zero attached hydrogens (tertiary/aromatic N) is 2. The highest BCUT2D eigenvalue weighted by molar-refractivity contribution is 14.1. The van der Waals surface area contributed by atoms with Crippen molar-refractivity contribution >= 4 is 51.8 Å². The van der Waals surface area contributed by atoms with Gasteiger partial charge in [-0.15, -0.1) is 0 Å². The number of carbonyl (C=O) groups excluding carboxylic acids is 2. The highest BCUT2D eigenvalue weighted by Crippen LogP contribution is 2.37. The lowest BCUT2D eigenvalue weighted by Crippen LogP contribution is -2.40. The van der Waals surface area contributed by atoms with Crippen LogP contribution in [0.2, 0.25) is 5.02 Å². The quantitative estimate of drug-likeness (QED) is 0.401. The first-order valence-electron chi connectivity index (χ1n) is 9.08. The van der Waals surface area contributed by atoms with Crippen molar-refractivity contribution in [2.24, 2.45) is 0 Å². The standard InChI is InChI=1S/C21H17ClIN3O3/c1-2-29-21(28)19-17-16(12-4-3-5-13(22)10-12)11-26(20(27)18(17)24-25-19)15-8-6-14(23)7-9-15/h3-10,16H,2,11H2,1H3,(H,24,25). The second-order valence-corrected chi connectivity index (χ2v) is 8.26. The summed E-state index contributed by atoms with van der Waals surface area (Å²) in [5.74, 6) is -1.06. The first-order valence-corrected chi connectivity index (χ1v) is 10.5. The van der Waals surface area contributed by atoms with Crippen molar-refractivity contribution in [2.45, 2.75) is 12.8 Å². The van der Waals surface area contributed by atoms with Crippen LogP contribution in [0.15, 0.2) is 48.5 Å². The number of halogens is 2. The Bertz CT molecular complexity index is 1080. The van der Waals surface area contributed by atoms with Crippen LogP contribution >= 0.6 is 34.2 Å². The van der Waals surface area contributed by atoms with Crippen LogP contribution in [0, 0.1) is 3.57 Å². The van der Waals surface area contributed by atoms with Crippen LogP contribution in [0.4, 0.5) is 5.69 Å². The van der Waals surface area contributed by atoms with E-state index in [-0.39, 0.29) is 29.8 Å². The monoisotopic (exact) mass is 521 g/mol. The van der Waals surface area contributed by atoms with Crippen LogP contribution in [0.1, 0.15) is 44.9 Å². The van der Waals surface area contributed by atoms with Crippen molar-refractivity contribution < 1.29 is 14.3 Å². The maximum Gasteiger partial charge on any atom is 0.356 e. The van der Waals surface area contributed by atoms with Gasteiger partial charge < -0.3 is 9.64 Å². The van der Waals surface area contributed by atoms with Crippen LogP contribution in [0.5, 0.6) is 0 Å². The van der Waals surface area contributed by atoms with Gasteiger partial charge in [-0.3, -0.25) is 9.89 Å². The normalized spacial score (nSPS) is 15.9. The zero-order chi connectivity index (χ0) is 20.5. The molecule has 8 heteroatoms. The largest absolute Gasteiger partial charge is 0.461 e. The summed E-state index contributed by atoms with van der Waals surface area (Å²) in [5.41, 5.74) is 2.66. The van der Waals surface area contributed by atoms with E-state index >= 15 is 0 Å². The van der Waals surface area contributed by atoms with Gasteiger partial charge in [-0.25, -0.2) is 4.79 Å². The van der Waals surface area contributed by atoms with E-state index in [0.717, 1.165) is 14.8 Å².